The van der Waals surface area contributed by atoms with Gasteiger partial charge in [0.2, 0.25) is 0 Å². The molecule has 0 radical (unpaired) electrons. The number of hydrogen-bond acceptors (Lipinski definition) is 0. The van der Waals surface area contributed by atoms with Crippen LogP contribution >= 0.6 is 77.7 Å². The number of hydrogen-bond donors (Lipinski definition) is 0. The Morgan fingerprint density at radius 1 is 1.36 bits per heavy atom. The van der Waals surface area contributed by atoms with E-state index in [1.54, 1.807) is 0 Å². The van der Waals surface area contributed by atoms with Gasteiger partial charge in [0, 0.05) is 4.83 Å². The van der Waals surface area contributed by atoms with E-state index in [9.17, 15) is 0 Å². The number of rotatable bonds is 3. The monoisotopic (exact) mass is 492 g/mol. The van der Waals surface area contributed by atoms with Gasteiger partial charge in [-0.2, -0.15) is 0 Å². The molecule has 0 N–H and O–H groups in total. The summed E-state index contributed by atoms with van der Waals surface area (Å²) in [6.45, 7) is 4.33. The van der Waals surface area contributed by atoms with E-state index in [4.69, 9.17) is 0 Å². The van der Waals surface area contributed by atoms with Crippen molar-refractivity contribution in [2.45, 2.75) is 29.0 Å². The summed E-state index contributed by atoms with van der Waals surface area (Å²) in [5.74, 6) is 0. The van der Waals surface area contributed by atoms with E-state index in [1.807, 2.05) is 0 Å². The molecule has 0 aliphatic carbocycles. The third kappa shape index (κ3) is 3.70. The van der Waals surface area contributed by atoms with E-state index in [1.165, 1.54) is 0 Å². The maximum atomic E-state index is 3.70. The highest BCUT2D eigenvalue weighted by atomic mass is 80.0. The Kier molecular flexibility index (Phi) is 6.08. The highest BCUT2D eigenvalue weighted by molar-refractivity contribution is 9.72. The topological polar surface area (TPSA) is 0 Å². The van der Waals surface area contributed by atoms with Crippen LogP contribution in [0.3, 0.4) is 0 Å². The second kappa shape index (κ2) is 4.91. The van der Waals surface area contributed by atoms with Gasteiger partial charge in [0.25, 0.3) is 3.93 Å². The smallest absolute Gasteiger partial charge is 0.0949 e. The normalized spacial score (nSPS) is 21.0. The van der Waals surface area contributed by atoms with Crippen molar-refractivity contribution in [2.75, 3.05) is 0 Å². The van der Waals surface area contributed by atoms with E-state index in [-0.39, 0.29) is 3.95 Å². The third-order valence-electron chi connectivity index (χ3n) is 1.50. The van der Waals surface area contributed by atoms with Gasteiger partial charge in [0.05, 0.1) is 3.95 Å². The zero-order chi connectivity index (χ0) is 9.28. The molecule has 2 unspecified atom stereocenters. The molecule has 0 heterocycles. The van der Waals surface area contributed by atoms with Crippen molar-refractivity contribution in [3.8, 4) is 0 Å². The van der Waals surface area contributed by atoms with Gasteiger partial charge in [0.15, 0.2) is 0 Å². The molecule has 68 valence electrons. The van der Waals surface area contributed by atoms with Gasteiger partial charge >= 0.3 is 0 Å². The summed E-state index contributed by atoms with van der Waals surface area (Å²) in [6, 6.07) is 0. The first kappa shape index (κ1) is 13.6. The van der Waals surface area contributed by atoms with E-state index < -0.39 is 3.93 Å². The Bertz CT molecular complexity index is 129. The molecule has 0 aliphatic heterocycles. The van der Waals surface area contributed by atoms with Gasteiger partial charge < -0.3 is 0 Å². The quantitative estimate of drug-likeness (QED) is 0.294. The fourth-order valence-electron chi connectivity index (χ4n) is 0.561. The molecule has 0 rings (SSSR count). The minimum absolute atomic E-state index is 0.0642. The van der Waals surface area contributed by atoms with Crippen molar-refractivity contribution >= 4 is 81.7 Å². The molecule has 0 amide bonds. The standard InChI is InChI=1S/C5H9Br5Si/c1-3-4(6)5(2,7)11(8,9)10/h4H,3H2,1-2H3. The first-order valence-electron chi connectivity index (χ1n) is 3.13. The summed E-state index contributed by atoms with van der Waals surface area (Å²) in [7, 11) is 0. The lowest BCUT2D eigenvalue weighted by molar-refractivity contribution is 0.776. The Labute approximate surface area is 109 Å². The molecular formula is C5H9Br5Si. The van der Waals surface area contributed by atoms with Crippen LogP contribution in [0.4, 0.5) is 0 Å². The Balaban J connectivity index is 4.45. The summed E-state index contributed by atoms with van der Waals surface area (Å²) < 4.78 is -1.60. The lowest BCUT2D eigenvalue weighted by Gasteiger charge is -2.33. The highest BCUT2D eigenvalue weighted by Gasteiger charge is 2.47. The van der Waals surface area contributed by atoms with Gasteiger partial charge in [0.1, 0.15) is 0 Å². The van der Waals surface area contributed by atoms with Crippen LogP contribution in [-0.4, -0.2) is 12.7 Å². The van der Waals surface area contributed by atoms with Crippen molar-refractivity contribution in [3.63, 3.8) is 0 Å². The fraction of sp³-hybridized carbons (Fsp3) is 1.00. The number of halogens is 5. The Morgan fingerprint density at radius 2 is 1.73 bits per heavy atom. The molecule has 0 aromatic carbocycles. The van der Waals surface area contributed by atoms with Crippen molar-refractivity contribution in [2.24, 2.45) is 0 Å². The maximum Gasteiger partial charge on any atom is 0.283 e. The van der Waals surface area contributed by atoms with E-state index in [0.717, 1.165) is 6.42 Å². The minimum atomic E-state index is -1.66. The molecule has 0 nitrogen and oxygen atoms in total. The van der Waals surface area contributed by atoms with Crippen LogP contribution in [0, 0.1) is 0 Å². The van der Waals surface area contributed by atoms with Crippen LogP contribution in [0.2, 0.25) is 0 Å². The summed E-state index contributed by atoms with van der Waals surface area (Å²) in [6.07, 6.45) is 1.10. The summed E-state index contributed by atoms with van der Waals surface area (Å²) in [5.41, 5.74) is 0. The first-order chi connectivity index (χ1) is 4.73. The molecule has 0 bridgehead atoms. The Hall–Kier alpha value is 2.62. The zero-order valence-corrected chi connectivity index (χ0v) is 15.1. The molecule has 2 atom stereocenters. The molecule has 0 aromatic heterocycles. The van der Waals surface area contributed by atoms with Crippen LogP contribution in [-0.2, 0) is 0 Å². The minimum Gasteiger partial charge on any atom is -0.0949 e. The van der Waals surface area contributed by atoms with E-state index in [0.29, 0.717) is 4.83 Å². The van der Waals surface area contributed by atoms with Crippen molar-refractivity contribution in [1.29, 1.82) is 0 Å². The average Bonchev–Trinajstić information content (AvgIpc) is 1.83. The molecule has 0 aromatic rings. The van der Waals surface area contributed by atoms with E-state index in [2.05, 4.69) is 91.6 Å². The SMILES string of the molecule is CCC(Br)C(C)(Br)[Si](Br)(Br)Br. The second-order valence-electron chi connectivity index (χ2n) is 2.45. The molecular weight excluding hydrogens is 488 g/mol. The summed E-state index contributed by atoms with van der Waals surface area (Å²) >= 11 is 18.2. The van der Waals surface area contributed by atoms with Crippen LogP contribution in [0.1, 0.15) is 20.3 Å². The average molecular weight is 497 g/mol. The molecule has 0 saturated carbocycles. The third-order valence-corrected chi connectivity index (χ3v) is 20.1. The predicted octanol–water partition coefficient (Wildman–Crippen LogP) is 4.98. The molecule has 0 aliphatic rings. The number of alkyl halides is 2. The maximum absolute atomic E-state index is 3.70. The van der Waals surface area contributed by atoms with Gasteiger partial charge in [-0.3, -0.25) is 0 Å². The molecule has 0 spiro atoms. The summed E-state index contributed by atoms with van der Waals surface area (Å²) in [4.78, 5) is 0.458. The molecule has 11 heavy (non-hydrogen) atoms. The lowest BCUT2D eigenvalue weighted by atomic mass is 10.3. The zero-order valence-electron chi connectivity index (χ0n) is 6.17. The van der Waals surface area contributed by atoms with Crippen LogP contribution in [0.5, 0.6) is 0 Å². The first-order valence-corrected chi connectivity index (χ1v) is 13.6. The van der Waals surface area contributed by atoms with Crippen LogP contribution < -0.4 is 0 Å². The van der Waals surface area contributed by atoms with Gasteiger partial charge in [-0.1, -0.05) is 84.7 Å². The van der Waals surface area contributed by atoms with Gasteiger partial charge in [-0.15, -0.1) is 0 Å². The van der Waals surface area contributed by atoms with Crippen LogP contribution in [0.25, 0.3) is 0 Å². The van der Waals surface area contributed by atoms with Crippen molar-refractivity contribution in [3.05, 3.63) is 0 Å². The lowest BCUT2D eigenvalue weighted by Crippen LogP contribution is -2.44. The summed E-state index contributed by atoms with van der Waals surface area (Å²) in [5, 5.41) is 0. The predicted molar refractivity (Wildman–Crippen MR) is 72.9 cm³/mol. The highest BCUT2D eigenvalue weighted by Crippen LogP contribution is 2.48. The van der Waals surface area contributed by atoms with E-state index >= 15 is 0 Å². The fourth-order valence-corrected chi connectivity index (χ4v) is 7.73. The molecule has 0 fully saturated rings. The van der Waals surface area contributed by atoms with Crippen molar-refractivity contribution < 1.29 is 0 Å². The van der Waals surface area contributed by atoms with Gasteiger partial charge in [-0.25, -0.2) is 0 Å². The molecule has 6 heteroatoms. The second-order valence-corrected chi connectivity index (χ2v) is 28.3. The van der Waals surface area contributed by atoms with Gasteiger partial charge in [-0.05, 0) is 13.3 Å². The van der Waals surface area contributed by atoms with Crippen molar-refractivity contribution in [1.82, 2.24) is 0 Å². The Morgan fingerprint density at radius 3 is 1.82 bits per heavy atom. The van der Waals surface area contributed by atoms with Crippen LogP contribution in [0.15, 0.2) is 0 Å². The molecule has 0 saturated heterocycles. The largest absolute Gasteiger partial charge is 0.283 e.